The molecule has 0 aliphatic rings. The number of halogens is 1. The van der Waals surface area contributed by atoms with Gasteiger partial charge in [-0.25, -0.2) is 14.6 Å². The van der Waals surface area contributed by atoms with E-state index in [0.717, 1.165) is 17.0 Å². The summed E-state index contributed by atoms with van der Waals surface area (Å²) in [4.78, 5) is 12.9. The SMILES string of the molecule is Cc1cccnc1-c1nn(C)c2nc(Cl)cnc12. The van der Waals surface area contributed by atoms with Crippen LogP contribution in [-0.2, 0) is 7.05 Å². The fourth-order valence-corrected chi connectivity index (χ4v) is 2.02. The van der Waals surface area contributed by atoms with Crippen molar-refractivity contribution < 1.29 is 0 Å². The molecule has 5 nitrogen and oxygen atoms in total. The van der Waals surface area contributed by atoms with Crippen molar-refractivity contribution >= 4 is 22.8 Å². The zero-order chi connectivity index (χ0) is 12.7. The molecule has 3 aromatic rings. The third kappa shape index (κ3) is 1.64. The Labute approximate surface area is 108 Å². The van der Waals surface area contributed by atoms with Crippen LogP contribution >= 0.6 is 11.6 Å². The van der Waals surface area contributed by atoms with Crippen molar-refractivity contribution in [2.24, 2.45) is 7.05 Å². The Bertz CT molecular complexity index is 734. The molecule has 0 aliphatic heterocycles. The van der Waals surface area contributed by atoms with Crippen molar-refractivity contribution in [3.05, 3.63) is 35.2 Å². The van der Waals surface area contributed by atoms with Crippen molar-refractivity contribution in [1.29, 1.82) is 0 Å². The van der Waals surface area contributed by atoms with E-state index in [9.17, 15) is 0 Å². The van der Waals surface area contributed by atoms with Crippen molar-refractivity contribution in [3.8, 4) is 11.4 Å². The van der Waals surface area contributed by atoms with Crippen LogP contribution in [0, 0.1) is 6.92 Å². The van der Waals surface area contributed by atoms with Gasteiger partial charge in [-0.2, -0.15) is 5.10 Å². The topological polar surface area (TPSA) is 56.5 Å². The zero-order valence-corrected chi connectivity index (χ0v) is 10.7. The molecular weight excluding hydrogens is 250 g/mol. The maximum atomic E-state index is 5.85. The number of hydrogen-bond donors (Lipinski definition) is 0. The normalized spacial score (nSPS) is 11.1. The second kappa shape index (κ2) is 4.03. The summed E-state index contributed by atoms with van der Waals surface area (Å²) in [6.45, 7) is 1.99. The first kappa shape index (κ1) is 11.1. The number of aromatic nitrogens is 5. The molecule has 0 aliphatic carbocycles. The van der Waals surface area contributed by atoms with Crippen LogP contribution in [0.25, 0.3) is 22.6 Å². The molecule has 0 saturated carbocycles. The van der Waals surface area contributed by atoms with Gasteiger partial charge in [0, 0.05) is 13.2 Å². The molecule has 0 unspecified atom stereocenters. The summed E-state index contributed by atoms with van der Waals surface area (Å²) in [5.41, 5.74) is 3.97. The predicted octanol–water partition coefficient (Wildman–Crippen LogP) is 2.39. The molecule has 3 aromatic heterocycles. The van der Waals surface area contributed by atoms with Gasteiger partial charge in [-0.15, -0.1) is 0 Å². The number of fused-ring (bicyclic) bond motifs is 1. The van der Waals surface area contributed by atoms with Crippen LogP contribution < -0.4 is 0 Å². The van der Waals surface area contributed by atoms with Gasteiger partial charge in [-0.05, 0) is 18.6 Å². The molecule has 0 spiro atoms. The van der Waals surface area contributed by atoms with E-state index >= 15 is 0 Å². The Balaban J connectivity index is 2.34. The summed E-state index contributed by atoms with van der Waals surface area (Å²) in [5.74, 6) is 0. The van der Waals surface area contributed by atoms with Crippen molar-refractivity contribution in [3.63, 3.8) is 0 Å². The minimum absolute atomic E-state index is 0.356. The maximum absolute atomic E-state index is 5.85. The lowest BCUT2D eigenvalue weighted by molar-refractivity contribution is 0.788. The van der Waals surface area contributed by atoms with Gasteiger partial charge in [0.2, 0.25) is 0 Å². The summed E-state index contributed by atoms with van der Waals surface area (Å²) < 4.78 is 1.66. The number of rotatable bonds is 1. The molecule has 18 heavy (non-hydrogen) atoms. The van der Waals surface area contributed by atoms with E-state index in [1.807, 2.05) is 26.1 Å². The summed E-state index contributed by atoms with van der Waals surface area (Å²) >= 11 is 5.85. The first-order valence-electron chi connectivity index (χ1n) is 5.44. The summed E-state index contributed by atoms with van der Waals surface area (Å²) in [7, 11) is 1.81. The Kier molecular flexibility index (Phi) is 2.48. The van der Waals surface area contributed by atoms with Crippen LogP contribution in [0.1, 0.15) is 5.56 Å². The van der Waals surface area contributed by atoms with Crippen LogP contribution in [0.5, 0.6) is 0 Å². The molecule has 0 aromatic carbocycles. The average Bonchev–Trinajstić information content (AvgIpc) is 2.67. The minimum atomic E-state index is 0.356. The largest absolute Gasteiger partial charge is 0.254 e. The average molecular weight is 260 g/mol. The van der Waals surface area contributed by atoms with Gasteiger partial charge in [0.05, 0.1) is 11.9 Å². The first-order valence-corrected chi connectivity index (χ1v) is 5.82. The van der Waals surface area contributed by atoms with Crippen molar-refractivity contribution in [2.45, 2.75) is 6.92 Å². The third-order valence-electron chi connectivity index (χ3n) is 2.74. The predicted molar refractivity (Wildman–Crippen MR) is 69.3 cm³/mol. The van der Waals surface area contributed by atoms with Crippen molar-refractivity contribution in [1.82, 2.24) is 24.7 Å². The lowest BCUT2D eigenvalue weighted by atomic mass is 10.1. The Morgan fingerprint density at radius 3 is 2.83 bits per heavy atom. The number of aryl methyl sites for hydroxylation is 2. The molecule has 90 valence electrons. The quantitative estimate of drug-likeness (QED) is 0.673. The monoisotopic (exact) mass is 259 g/mol. The van der Waals surface area contributed by atoms with Gasteiger partial charge in [-0.3, -0.25) is 4.98 Å². The highest BCUT2D eigenvalue weighted by atomic mass is 35.5. The van der Waals surface area contributed by atoms with Gasteiger partial charge in [-0.1, -0.05) is 17.7 Å². The molecule has 0 bridgehead atoms. The molecule has 0 saturated heterocycles. The van der Waals surface area contributed by atoms with Gasteiger partial charge in [0.1, 0.15) is 16.4 Å². The highest BCUT2D eigenvalue weighted by Crippen LogP contribution is 2.26. The van der Waals surface area contributed by atoms with E-state index < -0.39 is 0 Å². The van der Waals surface area contributed by atoms with Crippen LogP contribution in [0.4, 0.5) is 0 Å². The van der Waals surface area contributed by atoms with E-state index in [1.165, 1.54) is 6.20 Å². The molecule has 0 fully saturated rings. The molecule has 0 radical (unpaired) electrons. The summed E-state index contributed by atoms with van der Waals surface area (Å²) in [5, 5.41) is 4.79. The molecule has 0 amide bonds. The lowest BCUT2D eigenvalue weighted by Crippen LogP contribution is -1.93. The molecule has 3 heterocycles. The summed E-state index contributed by atoms with van der Waals surface area (Å²) in [6.07, 6.45) is 3.26. The van der Waals surface area contributed by atoms with Crippen molar-refractivity contribution in [2.75, 3.05) is 0 Å². The Morgan fingerprint density at radius 2 is 2.06 bits per heavy atom. The standard InChI is InChI=1S/C12H10ClN5/c1-7-4-3-5-14-9(7)10-11-12(18(2)17-10)16-8(13)6-15-11/h3-6H,1-2H3. The van der Waals surface area contributed by atoms with Gasteiger partial charge < -0.3 is 0 Å². The number of hydrogen-bond acceptors (Lipinski definition) is 4. The summed E-state index contributed by atoms with van der Waals surface area (Å²) in [6, 6.07) is 3.89. The van der Waals surface area contributed by atoms with Gasteiger partial charge in [0.25, 0.3) is 0 Å². The molecule has 6 heteroatoms. The molecule has 0 atom stereocenters. The van der Waals surface area contributed by atoms with E-state index in [4.69, 9.17) is 11.6 Å². The number of pyridine rings is 1. The fraction of sp³-hybridized carbons (Fsp3) is 0.167. The maximum Gasteiger partial charge on any atom is 0.178 e. The Morgan fingerprint density at radius 1 is 1.22 bits per heavy atom. The fourth-order valence-electron chi connectivity index (χ4n) is 1.89. The van der Waals surface area contributed by atoms with Gasteiger partial charge >= 0.3 is 0 Å². The second-order valence-corrected chi connectivity index (χ2v) is 4.39. The highest BCUT2D eigenvalue weighted by molar-refractivity contribution is 6.29. The second-order valence-electron chi connectivity index (χ2n) is 4.01. The van der Waals surface area contributed by atoms with E-state index in [-0.39, 0.29) is 0 Å². The smallest absolute Gasteiger partial charge is 0.178 e. The van der Waals surface area contributed by atoms with Crippen LogP contribution in [0.3, 0.4) is 0 Å². The molecular formula is C12H10ClN5. The highest BCUT2D eigenvalue weighted by Gasteiger charge is 2.15. The van der Waals surface area contributed by atoms with Crippen LogP contribution in [-0.4, -0.2) is 24.7 Å². The van der Waals surface area contributed by atoms with E-state index in [2.05, 4.69) is 20.1 Å². The molecule has 0 N–H and O–H groups in total. The first-order chi connectivity index (χ1) is 8.66. The zero-order valence-electron chi connectivity index (χ0n) is 9.92. The van der Waals surface area contributed by atoms with E-state index in [1.54, 1.807) is 10.9 Å². The minimum Gasteiger partial charge on any atom is -0.254 e. The van der Waals surface area contributed by atoms with Crippen LogP contribution in [0.2, 0.25) is 5.15 Å². The number of nitrogens with zero attached hydrogens (tertiary/aromatic N) is 5. The lowest BCUT2D eigenvalue weighted by Gasteiger charge is -2.00. The van der Waals surface area contributed by atoms with E-state index in [0.29, 0.717) is 16.3 Å². The molecule has 3 rings (SSSR count). The third-order valence-corrected chi connectivity index (χ3v) is 2.92. The van der Waals surface area contributed by atoms with Crippen LogP contribution in [0.15, 0.2) is 24.5 Å². The Hall–Kier alpha value is -2.01. The van der Waals surface area contributed by atoms with Gasteiger partial charge in [0.15, 0.2) is 5.65 Å².